The Labute approximate surface area is 220 Å². The van der Waals surface area contributed by atoms with E-state index < -0.39 is 28.0 Å². The summed E-state index contributed by atoms with van der Waals surface area (Å²) in [5.74, 6) is -1.59. The third kappa shape index (κ3) is 5.45. The van der Waals surface area contributed by atoms with E-state index >= 15 is 0 Å². The van der Waals surface area contributed by atoms with E-state index in [4.69, 9.17) is 8.92 Å². The lowest BCUT2D eigenvalue weighted by Crippen LogP contribution is -2.54. The van der Waals surface area contributed by atoms with E-state index in [1.165, 1.54) is 36.4 Å². The first kappa shape index (κ1) is 26.6. The number of carbonyl (C=O) groups is 3. The molecule has 3 aromatic rings. The van der Waals surface area contributed by atoms with E-state index in [1.807, 2.05) is 19.9 Å². The Balaban J connectivity index is 1.68. The van der Waals surface area contributed by atoms with Gasteiger partial charge in [-0.1, -0.05) is 41.5 Å². The summed E-state index contributed by atoms with van der Waals surface area (Å²) in [5.41, 5.74) is 3.00. The van der Waals surface area contributed by atoms with E-state index in [0.717, 1.165) is 16.0 Å². The first-order valence-corrected chi connectivity index (χ1v) is 13.2. The van der Waals surface area contributed by atoms with Gasteiger partial charge in [-0.3, -0.25) is 14.9 Å². The minimum Gasteiger partial charge on any atom is -0.490 e. The molecule has 3 aromatic carbocycles. The Morgan fingerprint density at radius 2 is 1.55 bits per heavy atom. The first-order chi connectivity index (χ1) is 18.0. The van der Waals surface area contributed by atoms with Gasteiger partial charge in [-0.2, -0.15) is 8.42 Å². The maximum Gasteiger partial charge on any atom is 0.339 e. The van der Waals surface area contributed by atoms with Crippen LogP contribution in [0.4, 0.5) is 10.5 Å². The average molecular weight is 535 g/mol. The van der Waals surface area contributed by atoms with Gasteiger partial charge >= 0.3 is 16.1 Å². The molecule has 1 aliphatic heterocycles. The molecule has 0 bridgehead atoms. The molecule has 1 saturated heterocycles. The SMILES string of the molecule is CCOc1cc(/C=C2\C(=O)NC(=O)N(c3ccc(C)cc3C)C2=O)ccc1OS(=O)(=O)c1ccc(C)cc1. The highest BCUT2D eigenvalue weighted by atomic mass is 32.2. The maximum atomic E-state index is 13.3. The molecule has 0 radical (unpaired) electrons. The summed E-state index contributed by atoms with van der Waals surface area (Å²) < 4.78 is 36.5. The highest BCUT2D eigenvalue weighted by Crippen LogP contribution is 2.33. The van der Waals surface area contributed by atoms with Crippen LogP contribution in [0.15, 0.2) is 71.1 Å². The minimum absolute atomic E-state index is 0.0163. The summed E-state index contributed by atoms with van der Waals surface area (Å²) in [6.45, 7) is 7.41. The van der Waals surface area contributed by atoms with Crippen LogP contribution in [0.25, 0.3) is 6.08 Å². The third-order valence-corrected chi connectivity index (χ3v) is 7.03. The van der Waals surface area contributed by atoms with Crippen LogP contribution in [0.5, 0.6) is 11.5 Å². The number of imide groups is 2. The van der Waals surface area contributed by atoms with Crippen molar-refractivity contribution in [3.8, 4) is 11.5 Å². The summed E-state index contributed by atoms with van der Waals surface area (Å²) in [6, 6.07) is 14.9. The van der Waals surface area contributed by atoms with E-state index in [-0.39, 0.29) is 28.6 Å². The number of nitrogens with zero attached hydrogens (tertiary/aromatic N) is 1. The van der Waals surface area contributed by atoms with Crippen LogP contribution in [0.3, 0.4) is 0 Å². The molecule has 0 spiro atoms. The van der Waals surface area contributed by atoms with Crippen molar-refractivity contribution in [2.75, 3.05) is 11.5 Å². The molecule has 0 unspecified atom stereocenters. The van der Waals surface area contributed by atoms with Gasteiger partial charge in [-0.15, -0.1) is 0 Å². The number of carbonyl (C=O) groups excluding carboxylic acids is 3. The Hall–Kier alpha value is -4.44. The van der Waals surface area contributed by atoms with Crippen LogP contribution in [-0.2, 0) is 19.7 Å². The van der Waals surface area contributed by atoms with Gasteiger partial charge in [0.2, 0.25) is 0 Å². The van der Waals surface area contributed by atoms with Crippen LogP contribution < -0.4 is 19.1 Å². The zero-order valence-electron chi connectivity index (χ0n) is 21.3. The van der Waals surface area contributed by atoms with Crippen LogP contribution in [-0.4, -0.2) is 32.9 Å². The second-order valence-electron chi connectivity index (χ2n) is 8.74. The van der Waals surface area contributed by atoms with Gasteiger partial charge in [0.1, 0.15) is 10.5 Å². The summed E-state index contributed by atoms with van der Waals surface area (Å²) in [6.07, 6.45) is 1.31. The molecule has 9 nitrogen and oxygen atoms in total. The molecule has 0 saturated carbocycles. The highest BCUT2D eigenvalue weighted by molar-refractivity contribution is 7.87. The molecule has 10 heteroatoms. The fourth-order valence-corrected chi connectivity index (χ4v) is 4.86. The van der Waals surface area contributed by atoms with Crippen molar-refractivity contribution < 1.29 is 31.7 Å². The lowest BCUT2D eigenvalue weighted by molar-refractivity contribution is -0.122. The molecule has 1 N–H and O–H groups in total. The van der Waals surface area contributed by atoms with E-state index in [2.05, 4.69) is 5.32 Å². The molecule has 1 heterocycles. The van der Waals surface area contributed by atoms with Gasteiger partial charge in [0.15, 0.2) is 11.5 Å². The number of ether oxygens (including phenoxy) is 1. The molecule has 4 rings (SSSR count). The van der Waals surface area contributed by atoms with Crippen molar-refractivity contribution in [2.24, 2.45) is 0 Å². The molecule has 4 amide bonds. The van der Waals surface area contributed by atoms with E-state index in [1.54, 1.807) is 38.1 Å². The number of amides is 4. The zero-order chi connectivity index (χ0) is 27.6. The van der Waals surface area contributed by atoms with E-state index in [9.17, 15) is 22.8 Å². The standard InChI is InChI=1S/C28H26N2O7S/c1-5-36-25-16-20(9-13-24(25)37-38(34,35)21-10-6-17(2)7-11-21)15-22-26(31)29-28(33)30(27(22)32)23-12-8-18(3)14-19(23)4/h6-16H,5H2,1-4H3,(H,29,31,33)/b22-15+. The fraction of sp³-hybridized carbons (Fsp3) is 0.179. The summed E-state index contributed by atoms with van der Waals surface area (Å²) >= 11 is 0. The number of hydrogen-bond donors (Lipinski definition) is 1. The number of anilines is 1. The second kappa shape index (κ2) is 10.5. The summed E-state index contributed by atoms with van der Waals surface area (Å²) in [5, 5.41) is 2.20. The van der Waals surface area contributed by atoms with Crippen molar-refractivity contribution in [1.82, 2.24) is 5.32 Å². The highest BCUT2D eigenvalue weighted by Gasteiger charge is 2.37. The largest absolute Gasteiger partial charge is 0.490 e. The Morgan fingerprint density at radius 3 is 2.21 bits per heavy atom. The van der Waals surface area contributed by atoms with Crippen molar-refractivity contribution >= 4 is 39.7 Å². The molecular formula is C28H26N2O7S. The minimum atomic E-state index is -4.14. The second-order valence-corrected chi connectivity index (χ2v) is 10.3. The van der Waals surface area contributed by atoms with Crippen LogP contribution in [0.2, 0.25) is 0 Å². The van der Waals surface area contributed by atoms with Crippen molar-refractivity contribution in [3.05, 3.63) is 88.5 Å². The quantitative estimate of drug-likeness (QED) is 0.270. The summed E-state index contributed by atoms with van der Waals surface area (Å²) in [4.78, 5) is 39.3. The topological polar surface area (TPSA) is 119 Å². The Bertz CT molecular complexity index is 1580. The smallest absolute Gasteiger partial charge is 0.339 e. The predicted molar refractivity (Wildman–Crippen MR) is 142 cm³/mol. The predicted octanol–water partition coefficient (Wildman–Crippen LogP) is 4.44. The molecule has 0 atom stereocenters. The number of nitrogens with one attached hydrogen (secondary N) is 1. The Morgan fingerprint density at radius 1 is 0.868 bits per heavy atom. The van der Waals surface area contributed by atoms with Crippen LogP contribution in [0, 0.1) is 20.8 Å². The van der Waals surface area contributed by atoms with Crippen molar-refractivity contribution in [2.45, 2.75) is 32.6 Å². The molecule has 1 fully saturated rings. The molecular weight excluding hydrogens is 508 g/mol. The lowest BCUT2D eigenvalue weighted by atomic mass is 10.0. The summed E-state index contributed by atoms with van der Waals surface area (Å²) in [7, 11) is -4.14. The third-order valence-electron chi connectivity index (χ3n) is 5.78. The normalized spacial score (nSPS) is 15.0. The zero-order valence-corrected chi connectivity index (χ0v) is 22.1. The fourth-order valence-electron chi connectivity index (χ4n) is 3.92. The van der Waals surface area contributed by atoms with Gasteiger partial charge in [0, 0.05) is 0 Å². The van der Waals surface area contributed by atoms with Crippen molar-refractivity contribution in [3.63, 3.8) is 0 Å². The van der Waals surface area contributed by atoms with Gasteiger partial charge in [0.25, 0.3) is 11.8 Å². The molecule has 196 valence electrons. The van der Waals surface area contributed by atoms with Crippen LogP contribution >= 0.6 is 0 Å². The molecule has 0 aromatic heterocycles. The van der Waals surface area contributed by atoms with Gasteiger partial charge in [0.05, 0.1) is 12.3 Å². The molecule has 0 aliphatic carbocycles. The van der Waals surface area contributed by atoms with Gasteiger partial charge in [-0.05, 0) is 75.2 Å². The van der Waals surface area contributed by atoms with E-state index in [0.29, 0.717) is 16.8 Å². The number of urea groups is 1. The Kier molecular flexibility index (Phi) is 7.36. The number of benzene rings is 3. The molecule has 38 heavy (non-hydrogen) atoms. The number of hydrogen-bond acceptors (Lipinski definition) is 7. The van der Waals surface area contributed by atoms with Gasteiger partial charge < -0.3 is 8.92 Å². The number of barbiturate groups is 1. The van der Waals surface area contributed by atoms with Gasteiger partial charge in [-0.25, -0.2) is 9.69 Å². The number of rotatable bonds is 7. The van der Waals surface area contributed by atoms with Crippen molar-refractivity contribution in [1.29, 1.82) is 0 Å². The molecule has 1 aliphatic rings. The number of aryl methyl sites for hydroxylation is 3. The van der Waals surface area contributed by atoms with Crippen LogP contribution in [0.1, 0.15) is 29.2 Å². The maximum absolute atomic E-state index is 13.3. The first-order valence-electron chi connectivity index (χ1n) is 11.8. The lowest BCUT2D eigenvalue weighted by Gasteiger charge is -2.27. The monoisotopic (exact) mass is 534 g/mol. The average Bonchev–Trinajstić information content (AvgIpc) is 2.85.